The molecule has 10 nitrogen and oxygen atoms in total. The zero-order chi connectivity index (χ0) is 17.8. The summed E-state index contributed by atoms with van der Waals surface area (Å²) in [5.41, 5.74) is 6.87. The van der Waals surface area contributed by atoms with E-state index in [1.54, 1.807) is 10.9 Å². The summed E-state index contributed by atoms with van der Waals surface area (Å²) in [5.74, 6) is -0.856. The van der Waals surface area contributed by atoms with E-state index < -0.39 is 24.2 Å². The Balaban J connectivity index is 1.68. The molecule has 134 valence electrons. The van der Waals surface area contributed by atoms with E-state index in [4.69, 9.17) is 24.7 Å². The first-order chi connectivity index (χ1) is 11.9. The lowest BCUT2D eigenvalue weighted by atomic mass is 10.1. The van der Waals surface area contributed by atoms with Crippen LogP contribution in [0.4, 0.5) is 5.82 Å². The topological polar surface area (TPSA) is 124 Å². The molecule has 10 heteroatoms. The first-order valence-electron chi connectivity index (χ1n) is 7.93. The molecule has 2 aliphatic heterocycles. The molecule has 4 heterocycles. The van der Waals surface area contributed by atoms with Crippen molar-refractivity contribution in [3.05, 3.63) is 12.7 Å². The molecule has 0 aromatic carbocycles. The van der Waals surface area contributed by atoms with Gasteiger partial charge >= 0.3 is 5.97 Å². The van der Waals surface area contributed by atoms with Gasteiger partial charge in [0, 0.05) is 6.92 Å². The van der Waals surface area contributed by atoms with E-state index in [1.807, 2.05) is 13.8 Å². The second-order valence-electron chi connectivity index (χ2n) is 6.52. The van der Waals surface area contributed by atoms with Crippen LogP contribution in [0.2, 0.25) is 0 Å². The van der Waals surface area contributed by atoms with Gasteiger partial charge in [0.25, 0.3) is 0 Å². The van der Waals surface area contributed by atoms with E-state index >= 15 is 0 Å². The molecule has 2 saturated heterocycles. The number of carbonyl (C=O) groups is 1. The second kappa shape index (κ2) is 5.61. The summed E-state index contributed by atoms with van der Waals surface area (Å²) < 4.78 is 24.9. The average Bonchev–Trinajstić information content (AvgIpc) is 3.17. The van der Waals surface area contributed by atoms with Crippen LogP contribution in [0.1, 0.15) is 27.0 Å². The van der Waals surface area contributed by atoms with E-state index in [9.17, 15) is 4.79 Å². The molecule has 2 aromatic heterocycles. The lowest BCUT2D eigenvalue weighted by molar-refractivity contribution is -0.201. The zero-order valence-corrected chi connectivity index (χ0v) is 14.1. The predicted octanol–water partition coefficient (Wildman–Crippen LogP) is 0.389. The Labute approximate surface area is 143 Å². The molecule has 2 aromatic rings. The molecule has 0 unspecified atom stereocenters. The quantitative estimate of drug-likeness (QED) is 0.783. The number of hydrogen-bond acceptors (Lipinski definition) is 9. The van der Waals surface area contributed by atoms with Gasteiger partial charge in [-0.1, -0.05) is 0 Å². The van der Waals surface area contributed by atoms with Crippen LogP contribution in [0.15, 0.2) is 12.7 Å². The van der Waals surface area contributed by atoms with Gasteiger partial charge in [-0.25, -0.2) is 15.0 Å². The Bertz CT molecular complexity index is 822. The van der Waals surface area contributed by atoms with Gasteiger partial charge in [0.05, 0.1) is 6.33 Å². The highest BCUT2D eigenvalue weighted by Crippen LogP contribution is 2.43. The Hall–Kier alpha value is -2.30. The number of fused-ring (bicyclic) bond motifs is 2. The molecular formula is C15H19N5O5. The molecule has 2 N–H and O–H groups in total. The van der Waals surface area contributed by atoms with Crippen molar-refractivity contribution in [1.82, 2.24) is 19.5 Å². The Morgan fingerprint density at radius 3 is 2.84 bits per heavy atom. The molecule has 2 fully saturated rings. The Kier molecular flexibility index (Phi) is 3.63. The number of nitrogens with two attached hydrogens (primary N) is 1. The van der Waals surface area contributed by atoms with E-state index in [-0.39, 0.29) is 18.7 Å². The molecule has 0 amide bonds. The highest BCUT2D eigenvalue weighted by molar-refractivity contribution is 5.81. The van der Waals surface area contributed by atoms with Crippen LogP contribution in [0.5, 0.6) is 0 Å². The number of carbonyl (C=O) groups excluding carboxylic acids is 1. The van der Waals surface area contributed by atoms with E-state index in [1.165, 1.54) is 13.3 Å². The summed E-state index contributed by atoms with van der Waals surface area (Å²) in [6.45, 7) is 5.09. The van der Waals surface area contributed by atoms with Gasteiger partial charge in [0.15, 0.2) is 23.5 Å². The number of aromatic nitrogens is 4. The van der Waals surface area contributed by atoms with Gasteiger partial charge in [-0.3, -0.25) is 9.36 Å². The smallest absolute Gasteiger partial charge is 0.302 e. The lowest BCUT2D eigenvalue weighted by Gasteiger charge is -2.24. The number of nitrogen functional groups attached to an aromatic ring is 1. The number of imidazole rings is 1. The number of esters is 1. The molecule has 2 aliphatic rings. The minimum atomic E-state index is -0.768. The number of ether oxygens (including phenoxy) is 4. The summed E-state index contributed by atoms with van der Waals surface area (Å²) in [6, 6.07) is 0. The minimum Gasteiger partial charge on any atom is -0.463 e. The number of rotatable bonds is 3. The molecule has 0 bridgehead atoms. The van der Waals surface area contributed by atoms with Crippen LogP contribution >= 0.6 is 0 Å². The third-order valence-corrected chi connectivity index (χ3v) is 4.24. The van der Waals surface area contributed by atoms with Crippen molar-refractivity contribution in [2.75, 3.05) is 12.3 Å². The summed E-state index contributed by atoms with van der Waals surface area (Å²) in [6.07, 6.45) is 1.18. The van der Waals surface area contributed by atoms with Gasteiger partial charge in [0.2, 0.25) is 0 Å². The molecule has 0 aliphatic carbocycles. The monoisotopic (exact) mass is 349 g/mol. The fourth-order valence-corrected chi connectivity index (χ4v) is 3.27. The average molecular weight is 349 g/mol. The number of anilines is 1. The number of hydrogen-bond donors (Lipinski definition) is 1. The van der Waals surface area contributed by atoms with Crippen molar-refractivity contribution in [2.45, 2.75) is 51.1 Å². The Morgan fingerprint density at radius 1 is 1.32 bits per heavy atom. The SMILES string of the molecule is CC(=O)OC[C@@H]1O[C@H](n2cnc3c(N)ncnc32)[C@H]2OC(C)(C)O[C@H]21. The molecular weight excluding hydrogens is 330 g/mol. The van der Waals surface area contributed by atoms with Gasteiger partial charge < -0.3 is 24.7 Å². The fourth-order valence-electron chi connectivity index (χ4n) is 3.27. The highest BCUT2D eigenvalue weighted by Gasteiger charge is 2.56. The van der Waals surface area contributed by atoms with Crippen LogP contribution in [0.25, 0.3) is 11.2 Å². The van der Waals surface area contributed by atoms with Crippen molar-refractivity contribution in [1.29, 1.82) is 0 Å². The lowest BCUT2D eigenvalue weighted by Crippen LogP contribution is -2.33. The van der Waals surface area contributed by atoms with Gasteiger partial charge in [-0.05, 0) is 13.8 Å². The van der Waals surface area contributed by atoms with Crippen molar-refractivity contribution >= 4 is 23.0 Å². The van der Waals surface area contributed by atoms with E-state index in [0.717, 1.165) is 0 Å². The van der Waals surface area contributed by atoms with Gasteiger partial charge in [0.1, 0.15) is 36.8 Å². The standard InChI is InChI=1S/C15H19N5O5/c1-7(21)22-4-8-10-11(25-15(2,3)24-10)14(23-8)20-6-19-9-12(16)17-5-18-13(9)20/h5-6,8,10-11,14H,4H2,1-3H3,(H2,16,17,18)/t8-,10-,11-,14-/m0/s1. The maximum Gasteiger partial charge on any atom is 0.302 e. The summed E-state index contributed by atoms with van der Waals surface area (Å²) in [4.78, 5) is 23.6. The van der Waals surface area contributed by atoms with Crippen molar-refractivity contribution in [3.63, 3.8) is 0 Å². The molecule has 0 spiro atoms. The third kappa shape index (κ3) is 2.71. The molecule has 0 radical (unpaired) electrons. The predicted molar refractivity (Wildman–Crippen MR) is 84.1 cm³/mol. The van der Waals surface area contributed by atoms with Crippen molar-refractivity contribution < 1.29 is 23.7 Å². The maximum atomic E-state index is 11.1. The van der Waals surface area contributed by atoms with E-state index in [2.05, 4.69) is 15.0 Å². The second-order valence-corrected chi connectivity index (χ2v) is 6.52. The van der Waals surface area contributed by atoms with Crippen molar-refractivity contribution in [2.24, 2.45) is 0 Å². The number of nitrogens with zero attached hydrogens (tertiary/aromatic N) is 4. The zero-order valence-electron chi connectivity index (χ0n) is 14.1. The van der Waals surface area contributed by atoms with Crippen LogP contribution in [0, 0.1) is 0 Å². The third-order valence-electron chi connectivity index (χ3n) is 4.24. The summed E-state index contributed by atoms with van der Waals surface area (Å²) in [7, 11) is 0. The molecule has 0 saturated carbocycles. The van der Waals surface area contributed by atoms with Crippen LogP contribution in [-0.2, 0) is 23.7 Å². The van der Waals surface area contributed by atoms with Crippen LogP contribution < -0.4 is 5.73 Å². The largest absolute Gasteiger partial charge is 0.463 e. The fraction of sp³-hybridized carbons (Fsp3) is 0.600. The highest BCUT2D eigenvalue weighted by atomic mass is 16.8. The maximum absolute atomic E-state index is 11.1. The van der Waals surface area contributed by atoms with Gasteiger partial charge in [-0.2, -0.15) is 0 Å². The Morgan fingerprint density at radius 2 is 2.08 bits per heavy atom. The van der Waals surface area contributed by atoms with Crippen molar-refractivity contribution in [3.8, 4) is 0 Å². The first-order valence-corrected chi connectivity index (χ1v) is 7.93. The van der Waals surface area contributed by atoms with E-state index in [0.29, 0.717) is 17.0 Å². The minimum absolute atomic E-state index is 0.0796. The van der Waals surface area contributed by atoms with Crippen LogP contribution in [-0.4, -0.2) is 56.2 Å². The summed E-state index contributed by atoms with van der Waals surface area (Å²) in [5, 5.41) is 0. The van der Waals surface area contributed by atoms with Gasteiger partial charge in [-0.15, -0.1) is 0 Å². The normalized spacial score (nSPS) is 30.5. The molecule has 4 atom stereocenters. The molecule has 4 rings (SSSR count). The summed E-state index contributed by atoms with van der Waals surface area (Å²) >= 11 is 0. The van der Waals surface area contributed by atoms with Crippen LogP contribution in [0.3, 0.4) is 0 Å². The first kappa shape index (κ1) is 16.2. The molecule has 25 heavy (non-hydrogen) atoms.